The summed E-state index contributed by atoms with van der Waals surface area (Å²) in [5.74, 6) is 0.749. The van der Waals surface area contributed by atoms with Crippen molar-refractivity contribution >= 4 is 0 Å². The topological polar surface area (TPSA) is 35.8 Å². The van der Waals surface area contributed by atoms with Crippen LogP contribution in [-0.4, -0.2) is 13.1 Å². The van der Waals surface area contributed by atoms with Gasteiger partial charge in [-0.3, -0.25) is 0 Å². The standard InChI is InChI=1S/C9H18N2/c1-3-5-9(2)8-11-7-4-6-10/h9,11H,3-5,7-8H2,1-2H3. The third-order valence-corrected chi connectivity index (χ3v) is 1.69. The number of nitriles is 1. The van der Waals surface area contributed by atoms with Gasteiger partial charge in [0.1, 0.15) is 0 Å². The minimum atomic E-state index is 0.624. The van der Waals surface area contributed by atoms with E-state index in [1.54, 1.807) is 0 Å². The van der Waals surface area contributed by atoms with Crippen LogP contribution in [0.2, 0.25) is 0 Å². The quantitative estimate of drug-likeness (QED) is 0.593. The van der Waals surface area contributed by atoms with E-state index >= 15 is 0 Å². The maximum atomic E-state index is 8.24. The summed E-state index contributed by atoms with van der Waals surface area (Å²) in [6.07, 6.45) is 3.15. The van der Waals surface area contributed by atoms with E-state index in [0.717, 1.165) is 19.0 Å². The molecule has 0 heterocycles. The van der Waals surface area contributed by atoms with Crippen molar-refractivity contribution in [1.82, 2.24) is 5.32 Å². The summed E-state index contributed by atoms with van der Waals surface area (Å²) in [7, 11) is 0. The predicted octanol–water partition coefficient (Wildman–Crippen LogP) is 1.93. The zero-order valence-electron chi connectivity index (χ0n) is 7.56. The van der Waals surface area contributed by atoms with Crippen LogP contribution in [0.25, 0.3) is 0 Å². The average molecular weight is 154 g/mol. The Hall–Kier alpha value is -0.550. The molecule has 1 atom stereocenters. The van der Waals surface area contributed by atoms with Gasteiger partial charge in [0, 0.05) is 13.0 Å². The molecule has 0 rings (SSSR count). The summed E-state index contributed by atoms with van der Waals surface area (Å²) in [4.78, 5) is 0. The molecule has 1 N–H and O–H groups in total. The molecule has 2 heteroatoms. The number of nitrogens with one attached hydrogen (secondary N) is 1. The van der Waals surface area contributed by atoms with Gasteiger partial charge in [0.25, 0.3) is 0 Å². The van der Waals surface area contributed by atoms with Crippen LogP contribution in [0.5, 0.6) is 0 Å². The molecule has 0 fully saturated rings. The molecule has 2 nitrogen and oxygen atoms in total. The van der Waals surface area contributed by atoms with Gasteiger partial charge in [-0.1, -0.05) is 20.3 Å². The van der Waals surface area contributed by atoms with Gasteiger partial charge >= 0.3 is 0 Å². The van der Waals surface area contributed by atoms with E-state index in [0.29, 0.717) is 6.42 Å². The van der Waals surface area contributed by atoms with E-state index in [4.69, 9.17) is 5.26 Å². The molecule has 0 aliphatic rings. The average Bonchev–Trinajstić information content (AvgIpc) is 1.99. The lowest BCUT2D eigenvalue weighted by atomic mass is 10.1. The van der Waals surface area contributed by atoms with Gasteiger partial charge in [0.2, 0.25) is 0 Å². The fourth-order valence-electron chi connectivity index (χ4n) is 1.09. The highest BCUT2D eigenvalue weighted by molar-refractivity contribution is 4.70. The predicted molar refractivity (Wildman–Crippen MR) is 47.2 cm³/mol. The van der Waals surface area contributed by atoms with Gasteiger partial charge in [-0.15, -0.1) is 0 Å². The minimum Gasteiger partial charge on any atom is -0.315 e. The maximum Gasteiger partial charge on any atom is 0.0635 e. The molecule has 0 aromatic heterocycles. The molecule has 64 valence electrons. The smallest absolute Gasteiger partial charge is 0.0635 e. The fourth-order valence-corrected chi connectivity index (χ4v) is 1.09. The Morgan fingerprint density at radius 1 is 1.55 bits per heavy atom. The Bertz CT molecular complexity index is 115. The molecule has 0 aliphatic heterocycles. The lowest BCUT2D eigenvalue weighted by Crippen LogP contribution is -2.21. The molecule has 0 amide bonds. The van der Waals surface area contributed by atoms with Gasteiger partial charge in [0.05, 0.1) is 6.07 Å². The first-order valence-electron chi connectivity index (χ1n) is 4.39. The molecule has 11 heavy (non-hydrogen) atoms. The SMILES string of the molecule is CCCC(C)CNCCC#N. The summed E-state index contributed by atoms with van der Waals surface area (Å²) >= 11 is 0. The van der Waals surface area contributed by atoms with Gasteiger partial charge in [0.15, 0.2) is 0 Å². The van der Waals surface area contributed by atoms with Crippen molar-refractivity contribution in [2.75, 3.05) is 13.1 Å². The highest BCUT2D eigenvalue weighted by Crippen LogP contribution is 2.02. The van der Waals surface area contributed by atoms with Crippen LogP contribution in [0.15, 0.2) is 0 Å². The largest absolute Gasteiger partial charge is 0.315 e. The van der Waals surface area contributed by atoms with Crippen LogP contribution in [-0.2, 0) is 0 Å². The molecule has 0 aromatic carbocycles. The zero-order valence-corrected chi connectivity index (χ0v) is 7.56. The Morgan fingerprint density at radius 2 is 2.27 bits per heavy atom. The Balaban J connectivity index is 3.05. The van der Waals surface area contributed by atoms with E-state index in [-0.39, 0.29) is 0 Å². The first kappa shape index (κ1) is 10.4. The Morgan fingerprint density at radius 3 is 2.82 bits per heavy atom. The first-order chi connectivity index (χ1) is 5.31. The number of hydrogen-bond acceptors (Lipinski definition) is 2. The summed E-state index contributed by atoms with van der Waals surface area (Å²) in [5, 5.41) is 11.5. The lowest BCUT2D eigenvalue weighted by molar-refractivity contribution is 0.479. The van der Waals surface area contributed by atoms with Gasteiger partial charge in [-0.2, -0.15) is 5.26 Å². The van der Waals surface area contributed by atoms with Crippen molar-refractivity contribution in [2.45, 2.75) is 33.1 Å². The Kier molecular flexibility index (Phi) is 7.18. The zero-order chi connectivity index (χ0) is 8.53. The maximum absolute atomic E-state index is 8.24. The van der Waals surface area contributed by atoms with Crippen LogP contribution in [0.4, 0.5) is 0 Å². The van der Waals surface area contributed by atoms with E-state index in [1.807, 2.05) is 0 Å². The number of hydrogen-bond donors (Lipinski definition) is 1. The summed E-state index contributed by atoms with van der Waals surface area (Å²) in [6.45, 7) is 6.33. The van der Waals surface area contributed by atoms with Crippen molar-refractivity contribution in [1.29, 1.82) is 5.26 Å². The third-order valence-electron chi connectivity index (χ3n) is 1.69. The van der Waals surface area contributed by atoms with Crippen molar-refractivity contribution < 1.29 is 0 Å². The monoisotopic (exact) mass is 154 g/mol. The van der Waals surface area contributed by atoms with Crippen LogP contribution >= 0.6 is 0 Å². The van der Waals surface area contributed by atoms with Gasteiger partial charge in [-0.05, 0) is 18.9 Å². The number of rotatable bonds is 6. The molecular weight excluding hydrogens is 136 g/mol. The minimum absolute atomic E-state index is 0.624. The highest BCUT2D eigenvalue weighted by Gasteiger charge is 1.97. The Labute approximate surface area is 69.6 Å². The van der Waals surface area contributed by atoms with Crippen molar-refractivity contribution in [3.05, 3.63) is 0 Å². The van der Waals surface area contributed by atoms with Crippen LogP contribution in [0.1, 0.15) is 33.1 Å². The molecule has 0 saturated heterocycles. The molecule has 0 radical (unpaired) electrons. The van der Waals surface area contributed by atoms with Gasteiger partial charge < -0.3 is 5.32 Å². The molecule has 0 aliphatic carbocycles. The van der Waals surface area contributed by atoms with E-state index < -0.39 is 0 Å². The highest BCUT2D eigenvalue weighted by atomic mass is 14.8. The molecule has 0 spiro atoms. The molecule has 0 saturated carbocycles. The van der Waals surface area contributed by atoms with E-state index in [2.05, 4.69) is 25.2 Å². The number of nitrogens with zero attached hydrogens (tertiary/aromatic N) is 1. The second kappa shape index (κ2) is 7.56. The van der Waals surface area contributed by atoms with Crippen molar-refractivity contribution in [3.8, 4) is 6.07 Å². The van der Waals surface area contributed by atoms with Crippen LogP contribution in [0, 0.1) is 17.2 Å². The van der Waals surface area contributed by atoms with E-state index in [9.17, 15) is 0 Å². The second-order valence-electron chi connectivity index (χ2n) is 3.01. The van der Waals surface area contributed by atoms with Crippen LogP contribution < -0.4 is 5.32 Å². The molecule has 0 aromatic rings. The van der Waals surface area contributed by atoms with Crippen molar-refractivity contribution in [2.24, 2.45) is 5.92 Å². The fraction of sp³-hybridized carbons (Fsp3) is 0.889. The lowest BCUT2D eigenvalue weighted by Gasteiger charge is -2.09. The second-order valence-corrected chi connectivity index (χ2v) is 3.01. The first-order valence-corrected chi connectivity index (χ1v) is 4.39. The van der Waals surface area contributed by atoms with Crippen molar-refractivity contribution in [3.63, 3.8) is 0 Å². The van der Waals surface area contributed by atoms with Crippen LogP contribution in [0.3, 0.4) is 0 Å². The third kappa shape index (κ3) is 7.35. The summed E-state index contributed by atoms with van der Waals surface area (Å²) < 4.78 is 0. The summed E-state index contributed by atoms with van der Waals surface area (Å²) in [5.41, 5.74) is 0. The molecule has 1 unspecified atom stereocenters. The molecule has 0 bridgehead atoms. The van der Waals surface area contributed by atoms with Gasteiger partial charge in [-0.25, -0.2) is 0 Å². The van der Waals surface area contributed by atoms with E-state index in [1.165, 1.54) is 12.8 Å². The normalized spacial score (nSPS) is 12.5. The summed E-state index contributed by atoms with van der Waals surface area (Å²) in [6, 6.07) is 2.11. The molecular formula is C9H18N2.